The fourth-order valence-electron chi connectivity index (χ4n) is 7.49. The highest BCUT2D eigenvalue weighted by Gasteiger charge is 2.18. The molecule has 4 heteroatoms. The largest absolute Gasteiger partial charge is 0.320 e. The summed E-state index contributed by atoms with van der Waals surface area (Å²) in [6, 6.07) is 0. The fraction of sp³-hybridized carbons (Fsp3) is 0.680. The summed E-state index contributed by atoms with van der Waals surface area (Å²) in [7, 11) is 4.64. The normalized spacial score (nSPS) is 11.5. The summed E-state index contributed by atoms with van der Waals surface area (Å²) in [6.45, 7) is 43.8. The van der Waals surface area contributed by atoms with Gasteiger partial charge in [0.05, 0.1) is 53.4 Å². The van der Waals surface area contributed by atoms with Gasteiger partial charge in [0.25, 0.3) is 0 Å². The van der Waals surface area contributed by atoms with E-state index >= 15 is 0 Å². The number of quaternary nitrogens is 2. The van der Waals surface area contributed by atoms with Gasteiger partial charge >= 0.3 is 0 Å². The lowest BCUT2D eigenvalue weighted by Crippen LogP contribution is -2.44. The average Bonchev–Trinajstić information content (AvgIpc) is 3.13. The Balaban J connectivity index is 0. The lowest BCUT2D eigenvalue weighted by molar-refractivity contribution is -0.898. The molecule has 0 spiro atoms. The summed E-state index contributed by atoms with van der Waals surface area (Å²) in [5, 5.41) is 0. The number of hydrogen-bond donors (Lipinski definition) is 0. The standard InChI is InChI=1S/C26H50N2.C24H44N2/c1-7-21-27(5,22-8-2)25-19-17-15-13-11-12-14-16-18-20-26-28(6,23-9-3)24-10-4;1-5-19-25(20-6-2)23-17-15-13-11-9-10-12-14-16-18-24-26(21-7-3)22-8-4/h7-10H,1-4,11-26H2,5-6H3;5-8H,1-4,9-24H2/q+2;. The molecular weight excluding hydrogens is 657 g/mol. The van der Waals surface area contributed by atoms with Gasteiger partial charge in [0.15, 0.2) is 0 Å². The summed E-state index contributed by atoms with van der Waals surface area (Å²) in [4.78, 5) is 4.82. The van der Waals surface area contributed by atoms with Crippen LogP contribution in [0, 0.1) is 0 Å². The summed E-state index contributed by atoms with van der Waals surface area (Å²) in [5.41, 5.74) is 0. The molecule has 0 aromatic heterocycles. The molecule has 0 amide bonds. The third-order valence-electron chi connectivity index (χ3n) is 10.7. The van der Waals surface area contributed by atoms with Crippen LogP contribution in [0.1, 0.15) is 128 Å². The Labute approximate surface area is 340 Å². The second-order valence-corrected chi connectivity index (χ2v) is 16.3. The molecule has 0 rings (SSSR count). The van der Waals surface area contributed by atoms with Crippen molar-refractivity contribution in [2.45, 2.75) is 128 Å². The van der Waals surface area contributed by atoms with Gasteiger partial charge in [0.1, 0.15) is 0 Å². The molecule has 0 fully saturated rings. The van der Waals surface area contributed by atoms with E-state index in [1.54, 1.807) is 0 Å². The molecule has 0 radical (unpaired) electrons. The van der Waals surface area contributed by atoms with Crippen molar-refractivity contribution in [3.63, 3.8) is 0 Å². The van der Waals surface area contributed by atoms with Crippen LogP contribution in [0.3, 0.4) is 0 Å². The van der Waals surface area contributed by atoms with Gasteiger partial charge in [-0.1, -0.05) is 141 Å². The highest BCUT2D eigenvalue weighted by atomic mass is 15.3. The minimum absolute atomic E-state index is 0.977. The molecular formula is C50H94N4+2. The van der Waals surface area contributed by atoms with Crippen molar-refractivity contribution in [2.75, 3.05) is 92.6 Å². The van der Waals surface area contributed by atoms with Crippen LogP contribution in [0.15, 0.2) is 101 Å². The Morgan fingerprint density at radius 1 is 0.296 bits per heavy atom. The molecule has 54 heavy (non-hydrogen) atoms. The maximum Gasteiger partial charge on any atom is 0.0971 e. The van der Waals surface area contributed by atoms with E-state index in [0.29, 0.717) is 0 Å². The zero-order chi connectivity index (χ0) is 40.4. The first-order chi connectivity index (χ1) is 26.2. The quantitative estimate of drug-likeness (QED) is 0.0348. The topological polar surface area (TPSA) is 6.48 Å². The van der Waals surface area contributed by atoms with Crippen LogP contribution in [-0.2, 0) is 0 Å². The van der Waals surface area contributed by atoms with Crippen LogP contribution in [0.2, 0.25) is 0 Å². The Bertz CT molecular complexity index is 806. The van der Waals surface area contributed by atoms with Gasteiger partial charge in [-0.15, -0.1) is 26.3 Å². The lowest BCUT2D eigenvalue weighted by Gasteiger charge is -2.32. The Hall–Kier alpha value is -2.24. The van der Waals surface area contributed by atoms with Gasteiger partial charge in [-0.3, -0.25) is 9.80 Å². The summed E-state index contributed by atoms with van der Waals surface area (Å²) >= 11 is 0. The maximum atomic E-state index is 3.90. The number of likely N-dealkylation sites (N-methyl/N-ethyl adjacent to an activating group) is 2. The van der Waals surface area contributed by atoms with Crippen molar-refractivity contribution < 1.29 is 8.97 Å². The number of rotatable bonds is 42. The van der Waals surface area contributed by atoms with Crippen molar-refractivity contribution in [3.8, 4) is 0 Å². The van der Waals surface area contributed by atoms with Crippen molar-refractivity contribution in [1.82, 2.24) is 9.80 Å². The van der Waals surface area contributed by atoms with E-state index in [1.165, 1.54) is 155 Å². The van der Waals surface area contributed by atoms with E-state index < -0.39 is 0 Å². The second kappa shape index (κ2) is 40.4. The first kappa shape index (κ1) is 53.9. The molecule has 0 unspecified atom stereocenters. The minimum atomic E-state index is 0.977. The van der Waals surface area contributed by atoms with Crippen LogP contribution < -0.4 is 0 Å². The zero-order valence-electron chi connectivity index (χ0n) is 36.7. The zero-order valence-corrected chi connectivity index (χ0v) is 36.7. The van der Waals surface area contributed by atoms with Gasteiger partial charge in [-0.05, 0) is 75.9 Å². The van der Waals surface area contributed by atoms with E-state index in [9.17, 15) is 0 Å². The van der Waals surface area contributed by atoms with E-state index in [1.807, 2.05) is 48.6 Å². The second-order valence-electron chi connectivity index (χ2n) is 16.3. The molecule has 0 aromatic carbocycles. The smallest absolute Gasteiger partial charge is 0.0971 e. The van der Waals surface area contributed by atoms with E-state index in [2.05, 4.69) is 76.5 Å². The van der Waals surface area contributed by atoms with Crippen LogP contribution in [0.4, 0.5) is 0 Å². The monoisotopic (exact) mass is 751 g/mol. The van der Waals surface area contributed by atoms with Gasteiger partial charge in [0, 0.05) is 26.2 Å². The predicted octanol–water partition coefficient (Wildman–Crippen LogP) is 12.8. The molecule has 0 saturated carbocycles. The molecule has 0 aliphatic rings. The van der Waals surface area contributed by atoms with Crippen LogP contribution in [0.25, 0.3) is 0 Å². The summed E-state index contributed by atoms with van der Waals surface area (Å²) in [6.07, 6.45) is 43.6. The molecule has 0 saturated heterocycles. The Morgan fingerprint density at radius 2 is 0.500 bits per heavy atom. The average molecular weight is 751 g/mol. The third kappa shape index (κ3) is 35.5. The Morgan fingerprint density at radius 3 is 0.704 bits per heavy atom. The highest BCUT2D eigenvalue weighted by molar-refractivity contribution is 4.80. The lowest BCUT2D eigenvalue weighted by atomic mass is 10.1. The third-order valence-corrected chi connectivity index (χ3v) is 10.7. The van der Waals surface area contributed by atoms with Crippen molar-refractivity contribution in [3.05, 3.63) is 101 Å². The molecule has 0 heterocycles. The maximum absolute atomic E-state index is 3.90. The number of hydrogen-bond acceptors (Lipinski definition) is 2. The minimum Gasteiger partial charge on any atom is -0.320 e. The van der Waals surface area contributed by atoms with Crippen LogP contribution in [0.5, 0.6) is 0 Å². The van der Waals surface area contributed by atoms with Gasteiger partial charge in [-0.2, -0.15) is 0 Å². The molecule has 0 N–H and O–H groups in total. The molecule has 312 valence electrons. The van der Waals surface area contributed by atoms with E-state index in [0.717, 1.165) is 61.3 Å². The van der Waals surface area contributed by atoms with Gasteiger partial charge in [-0.25, -0.2) is 0 Å². The van der Waals surface area contributed by atoms with Crippen molar-refractivity contribution >= 4 is 0 Å². The fourth-order valence-corrected chi connectivity index (χ4v) is 7.49. The molecule has 0 bridgehead atoms. The first-order valence-electron chi connectivity index (χ1n) is 22.2. The van der Waals surface area contributed by atoms with Crippen molar-refractivity contribution in [2.24, 2.45) is 0 Å². The molecule has 0 aliphatic carbocycles. The first-order valence-corrected chi connectivity index (χ1v) is 22.2. The van der Waals surface area contributed by atoms with E-state index in [4.69, 9.17) is 0 Å². The number of unbranched alkanes of at least 4 members (excludes halogenated alkanes) is 18. The number of nitrogens with zero attached hydrogens (tertiary/aromatic N) is 4. The Kier molecular flexibility index (Phi) is 40.3. The summed E-state index contributed by atoms with van der Waals surface area (Å²) in [5.74, 6) is 0. The van der Waals surface area contributed by atoms with Gasteiger partial charge < -0.3 is 8.97 Å². The van der Waals surface area contributed by atoms with Crippen LogP contribution >= 0.6 is 0 Å². The highest BCUT2D eigenvalue weighted by Crippen LogP contribution is 2.15. The summed E-state index contributed by atoms with van der Waals surface area (Å²) < 4.78 is 2.12. The molecule has 0 aliphatic heterocycles. The SMILES string of the molecule is C=CCN(CC=C)CCCCCCCCCCCCN(CC=C)CC=C.C=CC[N+](C)(CC=C)CCCCCCCCCCCC[N+](C)(CC=C)CC=C. The molecule has 4 nitrogen and oxygen atoms in total. The van der Waals surface area contributed by atoms with Crippen LogP contribution in [-0.4, -0.2) is 111 Å². The molecule has 0 atom stereocenters. The predicted molar refractivity (Wildman–Crippen MR) is 248 cm³/mol. The van der Waals surface area contributed by atoms with E-state index in [-0.39, 0.29) is 0 Å². The van der Waals surface area contributed by atoms with Gasteiger partial charge in [0.2, 0.25) is 0 Å². The van der Waals surface area contributed by atoms with Crippen molar-refractivity contribution in [1.29, 1.82) is 0 Å². The molecule has 0 aromatic rings.